The Morgan fingerprint density at radius 1 is 1.18 bits per heavy atom. The molecule has 12 heteroatoms. The van der Waals surface area contributed by atoms with Gasteiger partial charge in [-0.2, -0.15) is 0 Å². The van der Waals surface area contributed by atoms with Gasteiger partial charge in [0.15, 0.2) is 0 Å². The number of amides is 5. The van der Waals surface area contributed by atoms with Crippen LogP contribution in [-0.4, -0.2) is 51.8 Å². The van der Waals surface area contributed by atoms with Crippen molar-refractivity contribution in [3.05, 3.63) is 57.6 Å². The molecule has 208 valence electrons. The van der Waals surface area contributed by atoms with Crippen molar-refractivity contribution in [2.45, 2.75) is 71.5 Å². The van der Waals surface area contributed by atoms with E-state index in [0.717, 1.165) is 11.1 Å². The van der Waals surface area contributed by atoms with Crippen LogP contribution in [0.3, 0.4) is 0 Å². The van der Waals surface area contributed by atoms with Crippen molar-refractivity contribution >= 4 is 46.9 Å². The minimum atomic E-state index is -1.11. The molecule has 0 saturated carbocycles. The molecule has 2 atom stereocenters. The summed E-state index contributed by atoms with van der Waals surface area (Å²) in [5.41, 5.74) is 2.84. The quantitative estimate of drug-likeness (QED) is 0.377. The Hall–Kier alpha value is -3.83. The third-order valence-corrected chi connectivity index (χ3v) is 6.83. The normalized spacial score (nSPS) is 18.8. The number of nitrogens with zero attached hydrogens (tertiary/aromatic N) is 1. The highest BCUT2D eigenvalue weighted by Gasteiger charge is 2.39. The molecule has 0 aliphatic carbocycles. The Labute approximate surface area is 231 Å². The van der Waals surface area contributed by atoms with Gasteiger partial charge in [0.05, 0.1) is 11.7 Å². The van der Waals surface area contributed by atoms with Crippen LogP contribution in [0.1, 0.15) is 60.7 Å². The maximum Gasteiger partial charge on any atom is 0.412 e. The minimum Gasteiger partial charge on any atom is -0.444 e. The van der Waals surface area contributed by atoms with Gasteiger partial charge in [-0.15, -0.1) is 0 Å². The number of ether oxygens (including phenoxy) is 1. The number of halogens is 1. The van der Waals surface area contributed by atoms with Crippen molar-refractivity contribution in [2.24, 2.45) is 0 Å². The van der Waals surface area contributed by atoms with E-state index < -0.39 is 30.0 Å². The molecule has 2 unspecified atom stereocenters. The van der Waals surface area contributed by atoms with Gasteiger partial charge >= 0.3 is 12.1 Å². The zero-order valence-corrected chi connectivity index (χ0v) is 22.9. The summed E-state index contributed by atoms with van der Waals surface area (Å²) >= 11 is 6.31. The molecule has 0 bridgehead atoms. The van der Waals surface area contributed by atoms with Crippen LogP contribution in [0.5, 0.6) is 0 Å². The number of rotatable bonds is 5. The van der Waals surface area contributed by atoms with Crippen LogP contribution in [0.15, 0.2) is 30.3 Å². The lowest BCUT2D eigenvalue weighted by Gasteiger charge is -2.35. The molecule has 5 amide bonds. The molecule has 4 rings (SSSR count). The fourth-order valence-corrected chi connectivity index (χ4v) is 4.74. The zero-order chi connectivity index (χ0) is 28.5. The topological polar surface area (TPSA) is 149 Å². The van der Waals surface area contributed by atoms with Crippen LogP contribution >= 0.6 is 11.6 Å². The summed E-state index contributed by atoms with van der Waals surface area (Å²) in [5.74, 6) is -0.438. The van der Waals surface area contributed by atoms with E-state index in [0.29, 0.717) is 40.5 Å². The third kappa shape index (κ3) is 6.79. The van der Waals surface area contributed by atoms with Crippen LogP contribution in [0.25, 0.3) is 0 Å². The average Bonchev–Trinajstić information content (AvgIpc) is 3.15. The predicted molar refractivity (Wildman–Crippen MR) is 145 cm³/mol. The lowest BCUT2D eigenvalue weighted by molar-refractivity contribution is -0.129. The number of aliphatic hydroxyl groups excluding tert-OH is 1. The Morgan fingerprint density at radius 2 is 1.92 bits per heavy atom. The molecule has 2 aliphatic rings. The van der Waals surface area contributed by atoms with Crippen LogP contribution in [0.2, 0.25) is 5.02 Å². The number of hydrogen-bond acceptors (Lipinski definition) is 6. The Bertz CT molecular complexity index is 1320. The number of carbonyl (C=O) groups is 4. The van der Waals surface area contributed by atoms with E-state index in [1.807, 2.05) is 6.07 Å². The zero-order valence-electron chi connectivity index (χ0n) is 22.2. The monoisotopic (exact) mass is 557 g/mol. The Morgan fingerprint density at radius 3 is 2.62 bits per heavy atom. The molecular weight excluding hydrogens is 526 g/mol. The summed E-state index contributed by atoms with van der Waals surface area (Å²) in [6.45, 7) is 7.51. The largest absolute Gasteiger partial charge is 0.444 e. The second kappa shape index (κ2) is 11.1. The highest BCUT2D eigenvalue weighted by molar-refractivity contribution is 6.32. The van der Waals surface area contributed by atoms with E-state index in [-0.39, 0.29) is 24.8 Å². The Kier molecular flexibility index (Phi) is 8.03. The number of urea groups is 1. The van der Waals surface area contributed by atoms with Crippen LogP contribution in [0, 0.1) is 6.92 Å². The molecular formula is C27H32ClN5O6. The van der Waals surface area contributed by atoms with Crippen molar-refractivity contribution in [2.75, 3.05) is 10.6 Å². The molecule has 5 N–H and O–H groups in total. The van der Waals surface area contributed by atoms with E-state index in [4.69, 9.17) is 16.3 Å². The fraction of sp³-hybridized carbons (Fsp3) is 0.407. The number of hydrogen-bond donors (Lipinski definition) is 5. The van der Waals surface area contributed by atoms with Crippen LogP contribution in [-0.2, 0) is 22.6 Å². The van der Waals surface area contributed by atoms with Gasteiger partial charge in [0.2, 0.25) is 5.91 Å². The molecule has 2 aliphatic heterocycles. The third-order valence-electron chi connectivity index (χ3n) is 6.43. The number of aliphatic hydroxyl groups is 1. The highest BCUT2D eigenvalue weighted by Crippen LogP contribution is 2.30. The van der Waals surface area contributed by atoms with Crippen LogP contribution in [0.4, 0.5) is 21.0 Å². The first-order valence-corrected chi connectivity index (χ1v) is 12.9. The summed E-state index contributed by atoms with van der Waals surface area (Å²) < 4.78 is 5.29. The van der Waals surface area contributed by atoms with E-state index in [1.165, 1.54) is 0 Å². The Balaban J connectivity index is 1.36. The van der Waals surface area contributed by atoms with Crippen molar-refractivity contribution in [3.8, 4) is 0 Å². The van der Waals surface area contributed by atoms with Gasteiger partial charge in [-0.05, 0) is 69.0 Å². The number of anilines is 2. The second-order valence-electron chi connectivity index (χ2n) is 10.6. The van der Waals surface area contributed by atoms with Crippen molar-refractivity contribution in [3.63, 3.8) is 0 Å². The van der Waals surface area contributed by atoms with Crippen molar-refractivity contribution < 1.29 is 29.0 Å². The summed E-state index contributed by atoms with van der Waals surface area (Å²) in [4.78, 5) is 50.8. The molecule has 0 spiro atoms. The van der Waals surface area contributed by atoms with E-state index >= 15 is 0 Å². The van der Waals surface area contributed by atoms with Crippen molar-refractivity contribution in [1.29, 1.82) is 0 Å². The molecule has 2 aromatic carbocycles. The van der Waals surface area contributed by atoms with Gasteiger partial charge in [-0.3, -0.25) is 14.9 Å². The smallest absolute Gasteiger partial charge is 0.412 e. The van der Waals surface area contributed by atoms with Crippen LogP contribution < -0.4 is 21.3 Å². The number of nitrogens with one attached hydrogen (secondary N) is 4. The maximum absolute atomic E-state index is 12.9. The number of carbonyl (C=O) groups excluding carboxylic acids is 4. The molecule has 0 radical (unpaired) electrons. The lowest BCUT2D eigenvalue weighted by Crippen LogP contribution is -2.55. The first kappa shape index (κ1) is 28.2. The van der Waals surface area contributed by atoms with Gasteiger partial charge in [0.25, 0.3) is 5.91 Å². The standard InChI is InChI=1S/C27H32ClN5O6/c1-14-19(28)10-17(11-20(14)31-26(38)39-27(2,3)4)30-25(37)29-12-15-5-6-18-16(9-15)13-33(24(18)36)21-7-8-22(34)32-23(21)35/h5-6,9-11,21,23,35H,7-8,12-13H2,1-4H3,(H,31,38)(H,32,34)(H2,29,30,37). The summed E-state index contributed by atoms with van der Waals surface area (Å²) in [7, 11) is 0. The van der Waals surface area contributed by atoms with Gasteiger partial charge in [-0.1, -0.05) is 23.7 Å². The first-order chi connectivity index (χ1) is 18.3. The molecule has 1 saturated heterocycles. The van der Waals surface area contributed by atoms with E-state index in [1.54, 1.807) is 56.9 Å². The fourth-order valence-electron chi connectivity index (χ4n) is 4.52. The maximum atomic E-state index is 12.9. The number of fused-ring (bicyclic) bond motifs is 1. The molecule has 2 aromatic rings. The van der Waals surface area contributed by atoms with Gasteiger partial charge < -0.3 is 30.7 Å². The lowest BCUT2D eigenvalue weighted by atomic mass is 10.0. The van der Waals surface area contributed by atoms with Gasteiger partial charge in [0, 0.05) is 35.8 Å². The first-order valence-electron chi connectivity index (χ1n) is 12.6. The molecule has 0 aromatic heterocycles. The number of benzene rings is 2. The second-order valence-corrected chi connectivity index (χ2v) is 11.0. The molecule has 11 nitrogen and oxygen atoms in total. The van der Waals surface area contributed by atoms with Gasteiger partial charge in [-0.25, -0.2) is 9.59 Å². The molecule has 39 heavy (non-hydrogen) atoms. The summed E-state index contributed by atoms with van der Waals surface area (Å²) in [5, 5.41) is 21.2. The summed E-state index contributed by atoms with van der Waals surface area (Å²) in [6.07, 6.45) is -1.11. The summed E-state index contributed by atoms with van der Waals surface area (Å²) in [6, 6.07) is 7.48. The minimum absolute atomic E-state index is 0.192. The van der Waals surface area contributed by atoms with Crippen molar-refractivity contribution in [1.82, 2.24) is 15.5 Å². The predicted octanol–water partition coefficient (Wildman–Crippen LogP) is 3.87. The highest BCUT2D eigenvalue weighted by atomic mass is 35.5. The number of piperidine rings is 1. The SMILES string of the molecule is Cc1c(Cl)cc(NC(=O)NCc2ccc3c(c2)CN(C2CCC(=O)NC2O)C3=O)cc1NC(=O)OC(C)(C)C. The molecule has 2 heterocycles. The molecule has 1 fully saturated rings. The average molecular weight is 558 g/mol. The van der Waals surface area contributed by atoms with Gasteiger partial charge in [0.1, 0.15) is 11.8 Å². The van der Waals surface area contributed by atoms with E-state index in [2.05, 4.69) is 21.3 Å². The van der Waals surface area contributed by atoms with E-state index in [9.17, 15) is 24.3 Å².